The summed E-state index contributed by atoms with van der Waals surface area (Å²) in [6.45, 7) is 5.09. The van der Waals surface area contributed by atoms with Gasteiger partial charge in [-0.2, -0.15) is 0 Å². The molecule has 6 heteroatoms. The van der Waals surface area contributed by atoms with Gasteiger partial charge in [-0.15, -0.1) is 0 Å². The number of hydrogen-bond acceptors (Lipinski definition) is 4. The number of nitrogens with zero attached hydrogens (tertiary/aromatic N) is 1. The molecule has 126 valence electrons. The van der Waals surface area contributed by atoms with E-state index in [4.69, 9.17) is 9.47 Å². The quantitative estimate of drug-likeness (QED) is 0.905. The van der Waals surface area contributed by atoms with Crippen molar-refractivity contribution in [1.29, 1.82) is 0 Å². The fourth-order valence-corrected chi connectivity index (χ4v) is 2.53. The zero-order valence-corrected chi connectivity index (χ0v) is 14.1. The highest BCUT2D eigenvalue weighted by Crippen LogP contribution is 2.34. The van der Waals surface area contributed by atoms with Crippen molar-refractivity contribution in [3.8, 4) is 11.5 Å². The van der Waals surface area contributed by atoms with E-state index in [1.54, 1.807) is 30.9 Å². The van der Waals surface area contributed by atoms with Gasteiger partial charge in [0.1, 0.15) is 0 Å². The maximum Gasteiger partial charge on any atom is 0.256 e. The van der Waals surface area contributed by atoms with Gasteiger partial charge in [-0.05, 0) is 18.9 Å². The molecule has 1 aliphatic rings. The number of nitrogens with one attached hydrogen (secondary N) is 1. The predicted octanol–water partition coefficient (Wildman–Crippen LogP) is 2.53. The molecule has 2 amide bonds. The molecule has 1 aliphatic heterocycles. The zero-order chi connectivity index (χ0) is 17.0. The van der Waals surface area contributed by atoms with Crippen molar-refractivity contribution in [3.63, 3.8) is 0 Å². The molecule has 0 bridgehead atoms. The van der Waals surface area contributed by atoms with Gasteiger partial charge in [-0.25, -0.2) is 0 Å². The highest BCUT2D eigenvalue weighted by atomic mass is 16.5. The average molecular weight is 320 g/mol. The van der Waals surface area contributed by atoms with E-state index in [0.717, 1.165) is 25.9 Å². The molecule has 0 saturated carbocycles. The number of ether oxygens (including phenoxy) is 2. The molecule has 6 nitrogen and oxygen atoms in total. The van der Waals surface area contributed by atoms with Crippen molar-refractivity contribution in [2.24, 2.45) is 5.92 Å². The van der Waals surface area contributed by atoms with Crippen molar-refractivity contribution in [2.45, 2.75) is 26.7 Å². The summed E-state index contributed by atoms with van der Waals surface area (Å²) in [6, 6.07) is 3.28. The van der Waals surface area contributed by atoms with E-state index in [2.05, 4.69) is 5.32 Å². The van der Waals surface area contributed by atoms with Gasteiger partial charge in [0, 0.05) is 25.1 Å². The van der Waals surface area contributed by atoms with Gasteiger partial charge in [-0.3, -0.25) is 9.59 Å². The van der Waals surface area contributed by atoms with Crippen molar-refractivity contribution < 1.29 is 19.1 Å². The third kappa shape index (κ3) is 3.75. The van der Waals surface area contributed by atoms with Gasteiger partial charge < -0.3 is 19.7 Å². The summed E-state index contributed by atoms with van der Waals surface area (Å²) in [5.41, 5.74) is 0.886. The van der Waals surface area contributed by atoms with Crippen molar-refractivity contribution >= 4 is 17.5 Å². The highest BCUT2D eigenvalue weighted by Gasteiger charge is 2.25. The van der Waals surface area contributed by atoms with Crippen LogP contribution in [0.15, 0.2) is 12.1 Å². The Morgan fingerprint density at radius 2 is 1.65 bits per heavy atom. The molecule has 1 aromatic rings. The number of rotatable bonds is 5. The van der Waals surface area contributed by atoms with Crippen LogP contribution in [0.25, 0.3) is 0 Å². The summed E-state index contributed by atoms with van der Waals surface area (Å²) in [5, 5.41) is 2.82. The highest BCUT2D eigenvalue weighted by molar-refractivity contribution is 6.05. The van der Waals surface area contributed by atoms with Crippen molar-refractivity contribution in [3.05, 3.63) is 17.7 Å². The molecule has 0 unspecified atom stereocenters. The summed E-state index contributed by atoms with van der Waals surface area (Å²) >= 11 is 0. The van der Waals surface area contributed by atoms with Crippen LogP contribution in [-0.4, -0.2) is 44.0 Å². The smallest absolute Gasteiger partial charge is 0.256 e. The molecule has 1 fully saturated rings. The minimum atomic E-state index is -0.183. The number of hydrogen-bond donors (Lipinski definition) is 1. The van der Waals surface area contributed by atoms with Gasteiger partial charge in [0.15, 0.2) is 11.5 Å². The van der Waals surface area contributed by atoms with E-state index in [0.29, 0.717) is 22.7 Å². The lowest BCUT2D eigenvalue weighted by molar-refractivity contribution is -0.118. The Morgan fingerprint density at radius 3 is 2.17 bits per heavy atom. The van der Waals surface area contributed by atoms with Gasteiger partial charge in [-0.1, -0.05) is 13.8 Å². The number of anilines is 1. The lowest BCUT2D eigenvalue weighted by Gasteiger charge is -2.20. The molecule has 1 N–H and O–H groups in total. The molecule has 23 heavy (non-hydrogen) atoms. The Morgan fingerprint density at radius 1 is 1.09 bits per heavy atom. The first-order chi connectivity index (χ1) is 11.0. The van der Waals surface area contributed by atoms with Crippen LogP contribution in [0.3, 0.4) is 0 Å². The Hall–Kier alpha value is -2.24. The first-order valence-corrected chi connectivity index (χ1v) is 7.84. The monoisotopic (exact) mass is 320 g/mol. The number of benzene rings is 1. The van der Waals surface area contributed by atoms with E-state index >= 15 is 0 Å². The van der Waals surface area contributed by atoms with Gasteiger partial charge in [0.25, 0.3) is 5.91 Å². The minimum Gasteiger partial charge on any atom is -0.493 e. The summed E-state index contributed by atoms with van der Waals surface area (Å²) in [7, 11) is 3.04. The second-order valence-electron chi connectivity index (χ2n) is 5.90. The lowest BCUT2D eigenvalue weighted by Crippen LogP contribution is -2.29. The van der Waals surface area contributed by atoms with Gasteiger partial charge in [0.2, 0.25) is 5.91 Å². The second kappa shape index (κ2) is 7.35. The number of carbonyl (C=O) groups excluding carboxylic acids is 2. The molecule has 0 spiro atoms. The first-order valence-electron chi connectivity index (χ1n) is 7.84. The van der Waals surface area contributed by atoms with E-state index in [1.165, 1.54) is 14.2 Å². The lowest BCUT2D eigenvalue weighted by atomic mass is 10.1. The van der Waals surface area contributed by atoms with E-state index in [-0.39, 0.29) is 17.7 Å². The van der Waals surface area contributed by atoms with E-state index < -0.39 is 0 Å². The Labute approximate surface area is 136 Å². The Kier molecular flexibility index (Phi) is 5.47. The summed E-state index contributed by atoms with van der Waals surface area (Å²) in [4.78, 5) is 26.6. The maximum atomic E-state index is 12.8. The third-order valence-corrected chi connectivity index (χ3v) is 3.93. The topological polar surface area (TPSA) is 67.9 Å². The van der Waals surface area contributed by atoms with Crippen LogP contribution < -0.4 is 14.8 Å². The van der Waals surface area contributed by atoms with Crippen LogP contribution in [0.1, 0.15) is 37.0 Å². The molecular weight excluding hydrogens is 296 g/mol. The normalized spacial score (nSPS) is 14.0. The van der Waals surface area contributed by atoms with Crippen LogP contribution in [0.2, 0.25) is 0 Å². The van der Waals surface area contributed by atoms with E-state index in [9.17, 15) is 9.59 Å². The molecule has 1 aromatic carbocycles. The molecule has 2 rings (SSSR count). The van der Waals surface area contributed by atoms with E-state index in [1.807, 2.05) is 0 Å². The number of amides is 2. The van der Waals surface area contributed by atoms with Crippen LogP contribution in [-0.2, 0) is 4.79 Å². The van der Waals surface area contributed by atoms with Crippen LogP contribution in [0.4, 0.5) is 5.69 Å². The van der Waals surface area contributed by atoms with Crippen LogP contribution >= 0.6 is 0 Å². The predicted molar refractivity (Wildman–Crippen MR) is 88.2 cm³/mol. The largest absolute Gasteiger partial charge is 0.493 e. The first kappa shape index (κ1) is 17.1. The fourth-order valence-electron chi connectivity index (χ4n) is 2.53. The molecule has 0 aliphatic carbocycles. The maximum absolute atomic E-state index is 12.8. The standard InChI is InChI=1S/C17H24N2O4/c1-11(2)16(20)18-13-10-15(23-4)14(22-3)9-12(13)17(21)19-7-5-6-8-19/h9-11H,5-8H2,1-4H3,(H,18,20). The minimum absolute atomic E-state index is 0.0949. The summed E-state index contributed by atoms with van der Waals surface area (Å²) in [6.07, 6.45) is 2.01. The number of methoxy groups -OCH3 is 2. The number of likely N-dealkylation sites (tertiary alicyclic amines) is 1. The Balaban J connectivity index is 2.43. The molecule has 0 aromatic heterocycles. The SMILES string of the molecule is COc1cc(NC(=O)C(C)C)c(C(=O)N2CCCC2)cc1OC. The zero-order valence-electron chi connectivity index (χ0n) is 14.1. The van der Waals surface area contributed by atoms with Gasteiger partial charge >= 0.3 is 0 Å². The molecule has 0 atom stereocenters. The van der Waals surface area contributed by atoms with Crippen LogP contribution in [0.5, 0.6) is 11.5 Å². The van der Waals surface area contributed by atoms with Crippen molar-refractivity contribution in [1.82, 2.24) is 4.90 Å². The van der Waals surface area contributed by atoms with Crippen LogP contribution in [0, 0.1) is 5.92 Å². The summed E-state index contributed by atoms with van der Waals surface area (Å²) in [5.74, 6) is 0.523. The Bertz CT molecular complexity index is 593. The van der Waals surface area contributed by atoms with Crippen molar-refractivity contribution in [2.75, 3.05) is 32.6 Å². The third-order valence-electron chi connectivity index (χ3n) is 3.93. The molecule has 1 heterocycles. The molecule has 0 radical (unpaired) electrons. The summed E-state index contributed by atoms with van der Waals surface area (Å²) < 4.78 is 10.6. The molecular formula is C17H24N2O4. The van der Waals surface area contributed by atoms with Gasteiger partial charge in [0.05, 0.1) is 25.5 Å². The average Bonchev–Trinajstić information content (AvgIpc) is 3.07. The second-order valence-corrected chi connectivity index (χ2v) is 5.90. The number of carbonyl (C=O) groups is 2. The fraction of sp³-hybridized carbons (Fsp3) is 0.529. The molecule has 1 saturated heterocycles.